The summed E-state index contributed by atoms with van der Waals surface area (Å²) in [5.74, 6) is 2.18. The van der Waals surface area contributed by atoms with Gasteiger partial charge in [0.15, 0.2) is 0 Å². The molecule has 5 heteroatoms. The van der Waals surface area contributed by atoms with Gasteiger partial charge in [0.05, 0.1) is 19.8 Å². The lowest BCUT2D eigenvalue weighted by Crippen LogP contribution is -2.47. The summed E-state index contributed by atoms with van der Waals surface area (Å²) in [4.78, 5) is 13.0. The average Bonchev–Trinajstić information content (AvgIpc) is 2.86. The smallest absolute Gasteiger partial charge is 0.407 e. The molecule has 0 radical (unpaired) electrons. The molecular formula is C28H51NO4. The highest BCUT2D eigenvalue weighted by Gasteiger charge is 2.44. The van der Waals surface area contributed by atoms with Crippen molar-refractivity contribution in [1.29, 1.82) is 0 Å². The quantitative estimate of drug-likeness (QED) is 0.425. The molecule has 3 aliphatic carbocycles. The van der Waals surface area contributed by atoms with Gasteiger partial charge >= 0.3 is 6.09 Å². The van der Waals surface area contributed by atoms with Crippen LogP contribution in [0.4, 0.5) is 4.79 Å². The summed E-state index contributed by atoms with van der Waals surface area (Å²) in [6.45, 7) is 1.17. The molecule has 0 spiro atoms. The van der Waals surface area contributed by atoms with Crippen LogP contribution in [0.3, 0.4) is 0 Å². The summed E-state index contributed by atoms with van der Waals surface area (Å²) in [5, 5.41) is 11.8. The van der Waals surface area contributed by atoms with Gasteiger partial charge in [0.25, 0.3) is 0 Å². The zero-order valence-electron chi connectivity index (χ0n) is 21.2. The van der Waals surface area contributed by atoms with Gasteiger partial charge in [0.2, 0.25) is 0 Å². The lowest BCUT2D eigenvalue weighted by molar-refractivity contribution is -0.0682. The zero-order chi connectivity index (χ0) is 23.2. The standard InChI is InChI=1S/C28H51NO4/c30-20-22-32-21-19-29-27(31)33-28-17-11-5-8-13-24(14-9-6-12-18-28)25-15-7-3-1-2-4-10-16-26(28)23-25/h24-26,30H,1-23H2,(H,29,31). The summed E-state index contributed by atoms with van der Waals surface area (Å²) >= 11 is 0. The van der Waals surface area contributed by atoms with Gasteiger partial charge < -0.3 is 19.9 Å². The van der Waals surface area contributed by atoms with E-state index in [-0.39, 0.29) is 18.3 Å². The highest BCUT2D eigenvalue weighted by Crippen LogP contribution is 2.46. The molecule has 192 valence electrons. The molecule has 0 aromatic heterocycles. The Labute approximate surface area is 202 Å². The van der Waals surface area contributed by atoms with E-state index in [0.717, 1.165) is 24.7 Å². The lowest BCUT2D eigenvalue weighted by Gasteiger charge is -2.45. The molecule has 3 aliphatic rings. The SMILES string of the molecule is O=C(NCCOCCO)OC12CCCCCC(CCCCC1)C1CCCCCCCCC2C1. The van der Waals surface area contributed by atoms with E-state index in [0.29, 0.717) is 25.7 Å². The van der Waals surface area contributed by atoms with Crippen LogP contribution in [0.5, 0.6) is 0 Å². The Balaban J connectivity index is 1.79. The van der Waals surface area contributed by atoms with Crippen molar-refractivity contribution in [3.63, 3.8) is 0 Å². The molecule has 4 bridgehead atoms. The second-order valence-corrected chi connectivity index (χ2v) is 11.1. The van der Waals surface area contributed by atoms with E-state index in [2.05, 4.69) is 5.32 Å². The molecule has 33 heavy (non-hydrogen) atoms. The Kier molecular flexibility index (Phi) is 12.4. The summed E-state index contributed by atoms with van der Waals surface area (Å²) in [5.41, 5.74) is -0.304. The number of ether oxygens (including phenoxy) is 2. The lowest BCUT2D eigenvalue weighted by atomic mass is 9.66. The Morgan fingerprint density at radius 1 is 0.758 bits per heavy atom. The fourth-order valence-electron chi connectivity index (χ4n) is 6.97. The van der Waals surface area contributed by atoms with Crippen molar-refractivity contribution in [1.82, 2.24) is 5.32 Å². The molecule has 0 aliphatic heterocycles. The van der Waals surface area contributed by atoms with Crippen molar-refractivity contribution >= 4 is 6.09 Å². The first kappa shape index (κ1) is 26.8. The Hall–Kier alpha value is -0.810. The van der Waals surface area contributed by atoms with Crippen molar-refractivity contribution in [3.8, 4) is 0 Å². The number of rotatable bonds is 6. The van der Waals surface area contributed by atoms with Crippen molar-refractivity contribution in [3.05, 3.63) is 0 Å². The molecule has 1 amide bonds. The Morgan fingerprint density at radius 2 is 1.33 bits per heavy atom. The maximum atomic E-state index is 13.0. The normalized spacial score (nSPS) is 32.5. The summed E-state index contributed by atoms with van der Waals surface area (Å²) in [6.07, 6.45) is 24.2. The van der Waals surface area contributed by atoms with E-state index in [1.807, 2.05) is 0 Å². The van der Waals surface area contributed by atoms with Gasteiger partial charge in [-0.05, 0) is 56.3 Å². The van der Waals surface area contributed by atoms with E-state index in [9.17, 15) is 4.79 Å². The number of hydrogen-bond donors (Lipinski definition) is 2. The first-order chi connectivity index (χ1) is 16.2. The maximum absolute atomic E-state index is 13.0. The molecule has 0 aromatic carbocycles. The first-order valence-electron chi connectivity index (χ1n) is 14.4. The van der Waals surface area contributed by atoms with E-state index in [1.165, 1.54) is 109 Å². The second-order valence-electron chi connectivity index (χ2n) is 11.1. The van der Waals surface area contributed by atoms with E-state index >= 15 is 0 Å². The van der Waals surface area contributed by atoms with Crippen LogP contribution >= 0.6 is 0 Å². The molecule has 2 unspecified atom stereocenters. The fraction of sp³-hybridized carbons (Fsp3) is 0.964. The van der Waals surface area contributed by atoms with Crippen molar-refractivity contribution in [2.45, 2.75) is 128 Å². The Bertz CT molecular complexity index is 526. The summed E-state index contributed by atoms with van der Waals surface area (Å²) in [6, 6.07) is 0. The van der Waals surface area contributed by atoms with Gasteiger partial charge in [0.1, 0.15) is 5.60 Å². The average molecular weight is 466 g/mol. The van der Waals surface area contributed by atoms with Gasteiger partial charge in [0, 0.05) is 6.54 Å². The maximum Gasteiger partial charge on any atom is 0.407 e. The Morgan fingerprint density at radius 3 is 2.00 bits per heavy atom. The summed E-state index contributed by atoms with van der Waals surface area (Å²) in [7, 11) is 0. The fourth-order valence-corrected chi connectivity index (χ4v) is 6.97. The van der Waals surface area contributed by atoms with E-state index < -0.39 is 0 Å². The summed E-state index contributed by atoms with van der Waals surface area (Å²) < 4.78 is 11.8. The van der Waals surface area contributed by atoms with Crippen LogP contribution in [0.1, 0.15) is 122 Å². The van der Waals surface area contributed by atoms with Crippen LogP contribution in [-0.4, -0.2) is 43.2 Å². The molecule has 3 saturated carbocycles. The third-order valence-electron chi connectivity index (χ3n) is 8.77. The van der Waals surface area contributed by atoms with Crippen LogP contribution < -0.4 is 5.32 Å². The number of carbonyl (C=O) groups excluding carboxylic acids is 1. The molecule has 0 heterocycles. The number of hydrogen-bond acceptors (Lipinski definition) is 4. The van der Waals surface area contributed by atoms with E-state index in [4.69, 9.17) is 14.6 Å². The molecule has 5 nitrogen and oxygen atoms in total. The highest BCUT2D eigenvalue weighted by molar-refractivity contribution is 5.67. The molecular weight excluding hydrogens is 414 g/mol. The predicted molar refractivity (Wildman–Crippen MR) is 133 cm³/mol. The minimum absolute atomic E-state index is 0.0113. The van der Waals surface area contributed by atoms with Gasteiger partial charge in [-0.2, -0.15) is 0 Å². The second kappa shape index (κ2) is 15.2. The molecule has 3 rings (SSSR count). The van der Waals surface area contributed by atoms with Gasteiger partial charge in [-0.15, -0.1) is 0 Å². The molecule has 2 N–H and O–H groups in total. The predicted octanol–water partition coefficient (Wildman–Crippen LogP) is 6.76. The van der Waals surface area contributed by atoms with Crippen molar-refractivity contribution < 1.29 is 19.4 Å². The minimum atomic E-state index is -0.304. The van der Waals surface area contributed by atoms with E-state index in [1.54, 1.807) is 0 Å². The number of alkyl carbamates (subject to hydrolysis) is 1. The number of nitrogens with one attached hydrogen (secondary N) is 1. The van der Waals surface area contributed by atoms with Gasteiger partial charge in [-0.1, -0.05) is 83.5 Å². The van der Waals surface area contributed by atoms with Crippen LogP contribution in [0, 0.1) is 17.8 Å². The van der Waals surface area contributed by atoms with Crippen LogP contribution in [0.15, 0.2) is 0 Å². The van der Waals surface area contributed by atoms with Crippen molar-refractivity contribution in [2.75, 3.05) is 26.4 Å². The molecule has 0 aromatic rings. The van der Waals surface area contributed by atoms with Gasteiger partial charge in [-0.25, -0.2) is 4.79 Å². The minimum Gasteiger partial charge on any atom is -0.443 e. The van der Waals surface area contributed by atoms with Gasteiger partial charge in [-0.3, -0.25) is 0 Å². The third kappa shape index (κ3) is 9.05. The first-order valence-corrected chi connectivity index (χ1v) is 14.4. The van der Waals surface area contributed by atoms with Crippen LogP contribution in [-0.2, 0) is 9.47 Å². The van der Waals surface area contributed by atoms with Crippen LogP contribution in [0.25, 0.3) is 0 Å². The monoisotopic (exact) mass is 465 g/mol. The van der Waals surface area contributed by atoms with Crippen LogP contribution in [0.2, 0.25) is 0 Å². The molecule has 0 saturated heterocycles. The number of amides is 1. The zero-order valence-corrected chi connectivity index (χ0v) is 21.2. The topological polar surface area (TPSA) is 67.8 Å². The molecule has 2 atom stereocenters. The van der Waals surface area contributed by atoms with Crippen molar-refractivity contribution in [2.24, 2.45) is 17.8 Å². The number of aliphatic hydroxyl groups is 1. The largest absolute Gasteiger partial charge is 0.443 e. The molecule has 3 fully saturated rings. The highest BCUT2D eigenvalue weighted by atomic mass is 16.6. The third-order valence-corrected chi connectivity index (χ3v) is 8.77. The number of carbonyl (C=O) groups is 1. The number of aliphatic hydroxyl groups excluding tert-OH is 1.